The molecule has 0 aliphatic carbocycles. The molecule has 0 spiro atoms. The lowest BCUT2D eigenvalue weighted by molar-refractivity contribution is 0.0248. The van der Waals surface area contributed by atoms with Crippen LogP contribution in [0.15, 0.2) is 12.1 Å². The van der Waals surface area contributed by atoms with Crippen LogP contribution in [-0.2, 0) is 11.2 Å². The number of anilines is 1. The first kappa shape index (κ1) is 18.9. The normalized spacial score (nSPS) is 22.0. The van der Waals surface area contributed by atoms with Gasteiger partial charge in [0.05, 0.1) is 5.69 Å². The molecule has 1 amide bonds. The average molecular weight is 363 g/mol. The molecule has 26 heavy (non-hydrogen) atoms. The van der Waals surface area contributed by atoms with Gasteiger partial charge in [-0.25, -0.2) is 14.2 Å². The largest absolute Gasteiger partial charge is 0.444 e. The molecule has 0 bridgehead atoms. The first-order valence-electron chi connectivity index (χ1n) is 9.59. The molecule has 3 rings (SSSR count). The van der Waals surface area contributed by atoms with Crippen molar-refractivity contribution >= 4 is 11.9 Å². The monoisotopic (exact) mass is 363 g/mol. The standard InChI is InChI=1S/C20H30FN3O2/c1-14-13-24(19(25)26-20(2,3)4)10-7-15-5-6-17(22-18(14)15)23-11-8-16(21)9-12-23/h5-6,14,16H,7-13H2,1-4H3. The summed E-state index contributed by atoms with van der Waals surface area (Å²) in [6, 6.07) is 4.15. The summed E-state index contributed by atoms with van der Waals surface area (Å²) < 4.78 is 18.9. The lowest BCUT2D eigenvalue weighted by Gasteiger charge is -2.30. The predicted octanol–water partition coefficient (Wildman–Crippen LogP) is 3.92. The summed E-state index contributed by atoms with van der Waals surface area (Å²) >= 11 is 0. The summed E-state index contributed by atoms with van der Waals surface area (Å²) in [5.74, 6) is 1.06. The maximum atomic E-state index is 13.4. The van der Waals surface area contributed by atoms with Crippen molar-refractivity contribution in [2.45, 2.75) is 64.6 Å². The second kappa shape index (κ2) is 7.41. The van der Waals surface area contributed by atoms with E-state index < -0.39 is 11.8 Å². The van der Waals surface area contributed by atoms with E-state index in [2.05, 4.69) is 17.9 Å². The number of halogens is 1. The number of carbonyl (C=O) groups is 1. The van der Waals surface area contributed by atoms with Gasteiger partial charge >= 0.3 is 6.09 Å². The molecular formula is C20H30FN3O2. The van der Waals surface area contributed by atoms with Crippen molar-refractivity contribution in [2.24, 2.45) is 0 Å². The molecule has 1 atom stereocenters. The maximum absolute atomic E-state index is 13.4. The highest BCUT2D eigenvalue weighted by molar-refractivity contribution is 5.68. The average Bonchev–Trinajstić information content (AvgIpc) is 2.73. The third-order valence-corrected chi connectivity index (χ3v) is 5.01. The summed E-state index contributed by atoms with van der Waals surface area (Å²) in [4.78, 5) is 21.3. The Morgan fingerprint density at radius 2 is 1.92 bits per heavy atom. The number of amides is 1. The van der Waals surface area contributed by atoms with Crippen LogP contribution >= 0.6 is 0 Å². The van der Waals surface area contributed by atoms with E-state index >= 15 is 0 Å². The van der Waals surface area contributed by atoms with E-state index in [9.17, 15) is 9.18 Å². The van der Waals surface area contributed by atoms with Crippen LogP contribution < -0.4 is 4.90 Å². The van der Waals surface area contributed by atoms with Crippen LogP contribution in [0.2, 0.25) is 0 Å². The van der Waals surface area contributed by atoms with E-state index in [1.54, 1.807) is 4.90 Å². The van der Waals surface area contributed by atoms with Crippen molar-refractivity contribution in [3.63, 3.8) is 0 Å². The van der Waals surface area contributed by atoms with E-state index in [-0.39, 0.29) is 12.0 Å². The van der Waals surface area contributed by atoms with Crippen LogP contribution in [0, 0.1) is 0 Å². The van der Waals surface area contributed by atoms with Gasteiger partial charge in [-0.3, -0.25) is 0 Å². The molecule has 1 saturated heterocycles. The topological polar surface area (TPSA) is 45.7 Å². The number of hydrogen-bond donors (Lipinski definition) is 0. The highest BCUT2D eigenvalue weighted by Gasteiger charge is 2.28. The van der Waals surface area contributed by atoms with Crippen LogP contribution in [0.1, 0.15) is 57.7 Å². The van der Waals surface area contributed by atoms with Crippen LogP contribution in [0.4, 0.5) is 15.0 Å². The van der Waals surface area contributed by atoms with E-state index in [1.165, 1.54) is 5.56 Å². The summed E-state index contributed by atoms with van der Waals surface area (Å²) in [5.41, 5.74) is 1.75. The molecule has 1 aromatic rings. The Hall–Kier alpha value is -1.85. The molecular weight excluding hydrogens is 333 g/mol. The smallest absolute Gasteiger partial charge is 0.410 e. The zero-order valence-corrected chi connectivity index (χ0v) is 16.3. The number of rotatable bonds is 1. The predicted molar refractivity (Wildman–Crippen MR) is 101 cm³/mol. The van der Waals surface area contributed by atoms with Gasteiger partial charge in [0.2, 0.25) is 0 Å². The summed E-state index contributed by atoms with van der Waals surface area (Å²) in [6.07, 6.45) is 0.969. The Labute approximate surface area is 155 Å². The number of fused-ring (bicyclic) bond motifs is 1. The molecule has 1 unspecified atom stereocenters. The first-order chi connectivity index (χ1) is 12.2. The van der Waals surface area contributed by atoms with Crippen LogP contribution in [-0.4, -0.2) is 53.9 Å². The molecule has 2 aliphatic heterocycles. The van der Waals surface area contributed by atoms with E-state index in [0.717, 1.165) is 17.9 Å². The van der Waals surface area contributed by atoms with Crippen LogP contribution in [0.5, 0.6) is 0 Å². The second-order valence-electron chi connectivity index (χ2n) is 8.45. The lowest BCUT2D eigenvalue weighted by Crippen LogP contribution is -2.38. The Bertz CT molecular complexity index is 651. The molecule has 0 radical (unpaired) electrons. The second-order valence-corrected chi connectivity index (χ2v) is 8.45. The summed E-state index contributed by atoms with van der Waals surface area (Å²) in [5, 5.41) is 0. The summed E-state index contributed by atoms with van der Waals surface area (Å²) in [7, 11) is 0. The van der Waals surface area contributed by atoms with Crippen molar-refractivity contribution in [3.05, 3.63) is 23.4 Å². The zero-order chi connectivity index (χ0) is 18.9. The number of carbonyl (C=O) groups excluding carboxylic acids is 1. The third kappa shape index (κ3) is 4.46. The van der Waals surface area contributed by atoms with Gasteiger partial charge in [0.1, 0.15) is 17.6 Å². The number of piperidine rings is 1. The van der Waals surface area contributed by atoms with E-state index in [4.69, 9.17) is 9.72 Å². The van der Waals surface area contributed by atoms with Gasteiger partial charge in [-0.05, 0) is 51.7 Å². The molecule has 2 aliphatic rings. The molecule has 0 N–H and O–H groups in total. The van der Waals surface area contributed by atoms with E-state index in [1.807, 2.05) is 26.8 Å². The Morgan fingerprint density at radius 3 is 2.58 bits per heavy atom. The van der Waals surface area contributed by atoms with Crippen molar-refractivity contribution in [1.82, 2.24) is 9.88 Å². The Morgan fingerprint density at radius 1 is 1.23 bits per heavy atom. The maximum Gasteiger partial charge on any atom is 0.410 e. The third-order valence-electron chi connectivity index (χ3n) is 5.01. The lowest BCUT2D eigenvalue weighted by atomic mass is 10.0. The SMILES string of the molecule is CC1CN(C(=O)OC(C)(C)C)CCc2ccc(N3CCC(F)CC3)nc21. The molecule has 144 valence electrons. The number of aromatic nitrogens is 1. The van der Waals surface area contributed by atoms with Crippen molar-refractivity contribution in [3.8, 4) is 0 Å². The first-order valence-corrected chi connectivity index (χ1v) is 9.59. The highest BCUT2D eigenvalue weighted by Crippen LogP contribution is 2.28. The molecule has 5 nitrogen and oxygen atoms in total. The molecule has 0 aromatic carbocycles. The zero-order valence-electron chi connectivity index (χ0n) is 16.3. The fraction of sp³-hybridized carbons (Fsp3) is 0.700. The van der Waals surface area contributed by atoms with Gasteiger partial charge < -0.3 is 14.5 Å². The fourth-order valence-electron chi connectivity index (χ4n) is 3.64. The van der Waals surface area contributed by atoms with Gasteiger partial charge in [-0.15, -0.1) is 0 Å². The molecule has 3 heterocycles. The summed E-state index contributed by atoms with van der Waals surface area (Å²) in [6.45, 7) is 10.4. The van der Waals surface area contributed by atoms with Gasteiger partial charge in [0.25, 0.3) is 0 Å². The quantitative estimate of drug-likeness (QED) is 0.759. The minimum Gasteiger partial charge on any atom is -0.444 e. The molecule has 6 heteroatoms. The van der Waals surface area contributed by atoms with Gasteiger partial charge in [0.15, 0.2) is 0 Å². The minimum atomic E-state index is -0.687. The Kier molecular flexibility index (Phi) is 5.39. The van der Waals surface area contributed by atoms with Gasteiger partial charge in [-0.1, -0.05) is 13.0 Å². The number of pyridine rings is 1. The number of alkyl halides is 1. The van der Waals surface area contributed by atoms with Crippen molar-refractivity contribution in [2.75, 3.05) is 31.1 Å². The fourth-order valence-corrected chi connectivity index (χ4v) is 3.64. The molecule has 1 aromatic heterocycles. The van der Waals surface area contributed by atoms with Gasteiger partial charge in [0, 0.05) is 32.1 Å². The van der Waals surface area contributed by atoms with Crippen molar-refractivity contribution in [1.29, 1.82) is 0 Å². The van der Waals surface area contributed by atoms with Crippen molar-refractivity contribution < 1.29 is 13.9 Å². The molecule has 0 saturated carbocycles. The number of hydrogen-bond acceptors (Lipinski definition) is 4. The van der Waals surface area contributed by atoms with Gasteiger partial charge in [-0.2, -0.15) is 0 Å². The Balaban J connectivity index is 1.74. The van der Waals surface area contributed by atoms with Crippen LogP contribution in [0.3, 0.4) is 0 Å². The molecule has 1 fully saturated rings. The van der Waals surface area contributed by atoms with Crippen LogP contribution in [0.25, 0.3) is 0 Å². The highest BCUT2D eigenvalue weighted by atomic mass is 19.1. The minimum absolute atomic E-state index is 0.138. The van der Waals surface area contributed by atoms with E-state index in [0.29, 0.717) is 39.0 Å². The number of ether oxygens (including phenoxy) is 1. The number of nitrogens with zero attached hydrogens (tertiary/aromatic N) is 3.